The van der Waals surface area contributed by atoms with Gasteiger partial charge in [0.05, 0.1) is 11.5 Å². The maximum atomic E-state index is 13.6. The highest BCUT2D eigenvalue weighted by Crippen LogP contribution is 2.19. The van der Waals surface area contributed by atoms with Crippen LogP contribution in [0.3, 0.4) is 0 Å². The zero-order valence-corrected chi connectivity index (χ0v) is 9.70. The van der Waals surface area contributed by atoms with E-state index in [2.05, 4.69) is 0 Å². The second-order valence-electron chi connectivity index (χ2n) is 3.85. The van der Waals surface area contributed by atoms with E-state index in [0.29, 0.717) is 18.8 Å². The first-order valence-corrected chi connectivity index (χ1v) is 5.39. The molecule has 1 rings (SSSR count). The van der Waals surface area contributed by atoms with Crippen molar-refractivity contribution in [1.82, 2.24) is 0 Å². The topological polar surface area (TPSA) is 53.1 Å². The standard InChI is InChI=1S/C12H18FN3/c1-3-16(8-9(2)12(14)15)11-7-5-4-6-10(11)13/h4-7,9H,3,8H2,1-2H3,(H3,14,15). The normalized spacial score (nSPS) is 12.2. The van der Waals surface area contributed by atoms with Crippen molar-refractivity contribution in [1.29, 1.82) is 5.41 Å². The first-order valence-electron chi connectivity index (χ1n) is 5.39. The summed E-state index contributed by atoms with van der Waals surface area (Å²) < 4.78 is 13.6. The third-order valence-electron chi connectivity index (χ3n) is 2.60. The number of amidine groups is 1. The van der Waals surface area contributed by atoms with Gasteiger partial charge in [-0.1, -0.05) is 19.1 Å². The highest BCUT2D eigenvalue weighted by molar-refractivity contribution is 5.79. The number of benzene rings is 1. The van der Waals surface area contributed by atoms with Gasteiger partial charge in [0.2, 0.25) is 0 Å². The van der Waals surface area contributed by atoms with Gasteiger partial charge in [-0.25, -0.2) is 4.39 Å². The average Bonchev–Trinajstić information content (AvgIpc) is 2.26. The second-order valence-corrected chi connectivity index (χ2v) is 3.85. The lowest BCUT2D eigenvalue weighted by Crippen LogP contribution is -2.34. The molecule has 1 unspecified atom stereocenters. The maximum Gasteiger partial charge on any atom is 0.146 e. The van der Waals surface area contributed by atoms with E-state index in [9.17, 15) is 4.39 Å². The molecule has 0 aliphatic carbocycles. The fourth-order valence-corrected chi connectivity index (χ4v) is 1.53. The van der Waals surface area contributed by atoms with Crippen molar-refractivity contribution < 1.29 is 4.39 Å². The van der Waals surface area contributed by atoms with Crippen LogP contribution in [0.25, 0.3) is 0 Å². The van der Waals surface area contributed by atoms with Crippen LogP contribution in [0.4, 0.5) is 10.1 Å². The highest BCUT2D eigenvalue weighted by Gasteiger charge is 2.14. The van der Waals surface area contributed by atoms with Gasteiger partial charge >= 0.3 is 0 Å². The second kappa shape index (κ2) is 5.49. The van der Waals surface area contributed by atoms with Crippen molar-refractivity contribution in [2.75, 3.05) is 18.0 Å². The Morgan fingerprint density at radius 1 is 1.50 bits per heavy atom. The summed E-state index contributed by atoms with van der Waals surface area (Å²) in [7, 11) is 0. The van der Waals surface area contributed by atoms with Crippen molar-refractivity contribution in [2.24, 2.45) is 11.7 Å². The van der Waals surface area contributed by atoms with Gasteiger partial charge in [-0.05, 0) is 19.1 Å². The molecule has 1 aromatic rings. The molecule has 0 aromatic heterocycles. The van der Waals surface area contributed by atoms with Crippen LogP contribution in [0.2, 0.25) is 0 Å². The summed E-state index contributed by atoms with van der Waals surface area (Å²) in [6.45, 7) is 5.08. The molecule has 16 heavy (non-hydrogen) atoms. The van der Waals surface area contributed by atoms with Crippen molar-refractivity contribution in [3.8, 4) is 0 Å². The van der Waals surface area contributed by atoms with Gasteiger partial charge in [0.1, 0.15) is 5.82 Å². The molecule has 0 radical (unpaired) electrons. The lowest BCUT2D eigenvalue weighted by atomic mass is 10.1. The van der Waals surface area contributed by atoms with Gasteiger partial charge in [0.25, 0.3) is 0 Å². The molecule has 0 saturated carbocycles. The van der Waals surface area contributed by atoms with Gasteiger partial charge in [0.15, 0.2) is 0 Å². The smallest absolute Gasteiger partial charge is 0.146 e. The number of para-hydroxylation sites is 1. The van der Waals surface area contributed by atoms with E-state index in [1.807, 2.05) is 18.7 Å². The summed E-state index contributed by atoms with van der Waals surface area (Å²) in [6.07, 6.45) is 0. The minimum absolute atomic E-state index is 0.0699. The Morgan fingerprint density at radius 3 is 2.62 bits per heavy atom. The number of halogens is 1. The highest BCUT2D eigenvalue weighted by atomic mass is 19.1. The molecule has 0 aliphatic rings. The predicted octanol–water partition coefficient (Wildman–Crippen LogP) is 2.22. The molecular formula is C12H18FN3. The minimum atomic E-state index is -0.236. The molecule has 0 fully saturated rings. The zero-order chi connectivity index (χ0) is 12.1. The molecule has 3 N–H and O–H groups in total. The SMILES string of the molecule is CCN(CC(C)C(=N)N)c1ccccc1F. The van der Waals surface area contributed by atoms with E-state index < -0.39 is 0 Å². The van der Waals surface area contributed by atoms with Crippen LogP contribution in [0, 0.1) is 17.1 Å². The third-order valence-corrected chi connectivity index (χ3v) is 2.60. The van der Waals surface area contributed by atoms with Crippen molar-refractivity contribution >= 4 is 11.5 Å². The lowest BCUT2D eigenvalue weighted by molar-refractivity contribution is 0.609. The Kier molecular flexibility index (Phi) is 4.28. The summed E-state index contributed by atoms with van der Waals surface area (Å²) in [6, 6.07) is 6.66. The molecule has 1 atom stereocenters. The van der Waals surface area contributed by atoms with E-state index in [1.165, 1.54) is 6.07 Å². The molecule has 0 aliphatic heterocycles. The summed E-state index contributed by atoms with van der Waals surface area (Å²) in [5.41, 5.74) is 5.99. The molecule has 0 bridgehead atoms. The number of rotatable bonds is 5. The Hall–Kier alpha value is -1.58. The van der Waals surface area contributed by atoms with Crippen LogP contribution in [0.1, 0.15) is 13.8 Å². The third kappa shape index (κ3) is 2.95. The Labute approximate surface area is 95.6 Å². The van der Waals surface area contributed by atoms with Crippen LogP contribution >= 0.6 is 0 Å². The molecule has 0 heterocycles. The molecule has 0 saturated heterocycles. The van der Waals surface area contributed by atoms with Gasteiger partial charge in [-0.2, -0.15) is 0 Å². The number of nitrogens with one attached hydrogen (secondary N) is 1. The molecule has 4 heteroatoms. The monoisotopic (exact) mass is 223 g/mol. The van der Waals surface area contributed by atoms with Crippen LogP contribution in [-0.2, 0) is 0 Å². The van der Waals surface area contributed by atoms with E-state index in [0.717, 1.165) is 0 Å². The maximum absolute atomic E-state index is 13.6. The summed E-state index contributed by atoms with van der Waals surface area (Å²) in [4.78, 5) is 1.89. The number of anilines is 1. The number of nitrogens with zero attached hydrogens (tertiary/aromatic N) is 1. The van der Waals surface area contributed by atoms with Crippen molar-refractivity contribution in [2.45, 2.75) is 13.8 Å². The molecule has 3 nitrogen and oxygen atoms in total. The summed E-state index contributed by atoms with van der Waals surface area (Å²) in [5, 5.41) is 7.34. The van der Waals surface area contributed by atoms with E-state index in [1.54, 1.807) is 18.2 Å². The van der Waals surface area contributed by atoms with Gasteiger partial charge in [0, 0.05) is 19.0 Å². The van der Waals surface area contributed by atoms with Crippen LogP contribution in [0.5, 0.6) is 0 Å². The number of nitrogens with two attached hydrogens (primary N) is 1. The number of hydrogen-bond acceptors (Lipinski definition) is 2. The Bertz CT molecular complexity index is 365. The Morgan fingerprint density at radius 2 is 2.12 bits per heavy atom. The molecule has 88 valence electrons. The first-order chi connectivity index (χ1) is 7.56. The van der Waals surface area contributed by atoms with Crippen LogP contribution in [-0.4, -0.2) is 18.9 Å². The summed E-state index contributed by atoms with van der Waals surface area (Å²) in [5.74, 6) is -0.172. The van der Waals surface area contributed by atoms with E-state index >= 15 is 0 Å². The van der Waals surface area contributed by atoms with Crippen LogP contribution < -0.4 is 10.6 Å². The Balaban J connectivity index is 2.83. The van der Waals surface area contributed by atoms with E-state index in [4.69, 9.17) is 11.1 Å². The predicted molar refractivity (Wildman–Crippen MR) is 65.4 cm³/mol. The van der Waals surface area contributed by atoms with Gasteiger partial charge in [-0.3, -0.25) is 5.41 Å². The van der Waals surface area contributed by atoms with Crippen molar-refractivity contribution in [3.63, 3.8) is 0 Å². The fraction of sp³-hybridized carbons (Fsp3) is 0.417. The molecular weight excluding hydrogens is 205 g/mol. The lowest BCUT2D eigenvalue weighted by Gasteiger charge is -2.26. The van der Waals surface area contributed by atoms with E-state index in [-0.39, 0.29) is 17.6 Å². The van der Waals surface area contributed by atoms with Crippen LogP contribution in [0.15, 0.2) is 24.3 Å². The molecule has 1 aromatic carbocycles. The number of hydrogen-bond donors (Lipinski definition) is 2. The van der Waals surface area contributed by atoms with Crippen molar-refractivity contribution in [3.05, 3.63) is 30.1 Å². The largest absolute Gasteiger partial charge is 0.387 e. The average molecular weight is 223 g/mol. The van der Waals surface area contributed by atoms with Gasteiger partial charge < -0.3 is 10.6 Å². The first kappa shape index (κ1) is 12.5. The van der Waals surface area contributed by atoms with Gasteiger partial charge in [-0.15, -0.1) is 0 Å². The molecule has 0 spiro atoms. The minimum Gasteiger partial charge on any atom is -0.387 e. The quantitative estimate of drug-likeness (QED) is 0.594. The fourth-order valence-electron chi connectivity index (χ4n) is 1.53. The zero-order valence-electron chi connectivity index (χ0n) is 9.70. The summed E-state index contributed by atoms with van der Waals surface area (Å²) >= 11 is 0. The molecule has 0 amide bonds.